The molecule has 0 saturated heterocycles. The highest BCUT2D eigenvalue weighted by molar-refractivity contribution is 6.01. The van der Waals surface area contributed by atoms with Crippen LogP contribution in [-0.2, 0) is 4.79 Å². The molecule has 0 spiro atoms. The highest BCUT2D eigenvalue weighted by Gasteiger charge is 2.28. The van der Waals surface area contributed by atoms with Crippen LogP contribution in [0.5, 0.6) is 0 Å². The van der Waals surface area contributed by atoms with Crippen LogP contribution in [0.2, 0.25) is 0 Å². The minimum Gasteiger partial charge on any atom is -0.357 e. The number of likely N-dealkylation sites (N-methyl/N-ethyl adjacent to an activating group) is 1. The molecule has 0 radical (unpaired) electrons. The molecule has 2 N–H and O–H groups in total. The maximum absolute atomic E-state index is 12.3. The van der Waals surface area contributed by atoms with Crippen LogP contribution in [-0.4, -0.2) is 29.8 Å². The number of nitrogens with zero attached hydrogens (tertiary/aromatic N) is 1. The molecule has 114 valence electrons. The summed E-state index contributed by atoms with van der Waals surface area (Å²) in [6, 6.07) is 3.66. The summed E-state index contributed by atoms with van der Waals surface area (Å²) >= 11 is 0. The molecule has 0 aromatic heterocycles. The van der Waals surface area contributed by atoms with Gasteiger partial charge in [-0.2, -0.15) is 0 Å². The van der Waals surface area contributed by atoms with Crippen LogP contribution in [0.3, 0.4) is 0 Å². The second-order valence-corrected chi connectivity index (χ2v) is 5.04. The molecule has 0 aliphatic heterocycles. The molecular formula is C14H19N3O4. The first-order valence-electron chi connectivity index (χ1n) is 6.56. The number of nitro benzene ring substituents is 1. The normalized spacial score (nSPS) is 11.9. The Morgan fingerprint density at radius 3 is 2.38 bits per heavy atom. The van der Waals surface area contributed by atoms with E-state index >= 15 is 0 Å². The van der Waals surface area contributed by atoms with E-state index in [4.69, 9.17) is 0 Å². The predicted octanol–water partition coefficient (Wildman–Crippen LogP) is 1.40. The van der Waals surface area contributed by atoms with Crippen LogP contribution in [0.1, 0.15) is 29.8 Å². The third kappa shape index (κ3) is 3.77. The first kappa shape index (κ1) is 16.6. The lowest BCUT2D eigenvalue weighted by molar-refractivity contribution is -0.385. The largest absolute Gasteiger partial charge is 0.357 e. The number of rotatable bonds is 5. The maximum Gasteiger partial charge on any atom is 0.282 e. The van der Waals surface area contributed by atoms with Crippen molar-refractivity contribution in [3.8, 4) is 0 Å². The summed E-state index contributed by atoms with van der Waals surface area (Å²) in [5, 5.41) is 16.1. The van der Waals surface area contributed by atoms with E-state index in [0.717, 1.165) is 0 Å². The van der Waals surface area contributed by atoms with Gasteiger partial charge < -0.3 is 10.6 Å². The fourth-order valence-corrected chi connectivity index (χ4v) is 2.00. The molecule has 21 heavy (non-hydrogen) atoms. The molecular weight excluding hydrogens is 274 g/mol. The lowest BCUT2D eigenvalue weighted by Crippen LogP contribution is -2.49. The standard InChI is InChI=1S/C14H19N3O4/c1-8(2)12(14(19)15-4)16-13(18)11-9(3)6-5-7-10(11)17(20)21/h5-8,12H,1-4H3,(H,15,19)(H,16,18)/t12-/m1/s1. The molecule has 2 amide bonds. The summed E-state index contributed by atoms with van der Waals surface area (Å²) < 4.78 is 0. The van der Waals surface area contributed by atoms with E-state index in [2.05, 4.69) is 10.6 Å². The summed E-state index contributed by atoms with van der Waals surface area (Å²) in [6.45, 7) is 5.19. The molecule has 1 rings (SSSR count). The van der Waals surface area contributed by atoms with Crippen LogP contribution >= 0.6 is 0 Å². The van der Waals surface area contributed by atoms with E-state index in [0.29, 0.717) is 5.56 Å². The predicted molar refractivity (Wildman–Crippen MR) is 78.0 cm³/mol. The summed E-state index contributed by atoms with van der Waals surface area (Å²) in [4.78, 5) is 34.5. The van der Waals surface area contributed by atoms with Crippen molar-refractivity contribution >= 4 is 17.5 Å². The van der Waals surface area contributed by atoms with E-state index in [-0.39, 0.29) is 23.1 Å². The Kier molecular flexibility index (Phi) is 5.40. The topological polar surface area (TPSA) is 101 Å². The van der Waals surface area contributed by atoms with Gasteiger partial charge in [0, 0.05) is 13.1 Å². The van der Waals surface area contributed by atoms with Gasteiger partial charge >= 0.3 is 0 Å². The van der Waals surface area contributed by atoms with Crippen LogP contribution in [0, 0.1) is 23.0 Å². The summed E-state index contributed by atoms with van der Waals surface area (Å²) in [7, 11) is 1.47. The van der Waals surface area contributed by atoms with E-state index in [9.17, 15) is 19.7 Å². The van der Waals surface area contributed by atoms with E-state index in [1.807, 2.05) is 0 Å². The second-order valence-electron chi connectivity index (χ2n) is 5.04. The molecule has 0 unspecified atom stereocenters. The number of hydrogen-bond donors (Lipinski definition) is 2. The van der Waals surface area contributed by atoms with Gasteiger partial charge in [-0.25, -0.2) is 0 Å². The first-order chi connectivity index (χ1) is 9.79. The zero-order valence-corrected chi connectivity index (χ0v) is 12.5. The monoisotopic (exact) mass is 293 g/mol. The molecule has 0 fully saturated rings. The van der Waals surface area contributed by atoms with Gasteiger partial charge in [-0.3, -0.25) is 19.7 Å². The van der Waals surface area contributed by atoms with Crippen molar-refractivity contribution in [1.82, 2.24) is 10.6 Å². The van der Waals surface area contributed by atoms with Crippen LogP contribution in [0.4, 0.5) is 5.69 Å². The van der Waals surface area contributed by atoms with Gasteiger partial charge in [-0.05, 0) is 18.4 Å². The smallest absolute Gasteiger partial charge is 0.282 e. The number of nitrogens with one attached hydrogen (secondary N) is 2. The Morgan fingerprint density at radius 1 is 1.29 bits per heavy atom. The average Bonchev–Trinajstić information content (AvgIpc) is 2.42. The lowest BCUT2D eigenvalue weighted by atomic mass is 10.0. The third-order valence-electron chi connectivity index (χ3n) is 3.16. The number of hydrogen-bond acceptors (Lipinski definition) is 4. The summed E-state index contributed by atoms with van der Waals surface area (Å²) in [5.41, 5.74) is 0.199. The van der Waals surface area contributed by atoms with Crippen LogP contribution in [0.25, 0.3) is 0 Å². The lowest BCUT2D eigenvalue weighted by Gasteiger charge is -2.21. The summed E-state index contributed by atoms with van der Waals surface area (Å²) in [5.74, 6) is -1.10. The number of amides is 2. The van der Waals surface area contributed by atoms with Crippen molar-refractivity contribution in [3.05, 3.63) is 39.4 Å². The Balaban J connectivity index is 3.14. The number of benzene rings is 1. The molecule has 0 bridgehead atoms. The van der Waals surface area contributed by atoms with Gasteiger partial charge in [0.2, 0.25) is 5.91 Å². The first-order valence-corrected chi connectivity index (χ1v) is 6.56. The molecule has 0 aliphatic carbocycles. The van der Waals surface area contributed by atoms with Gasteiger partial charge in [0.25, 0.3) is 11.6 Å². The number of nitro groups is 1. The molecule has 1 aromatic rings. The molecule has 1 aromatic carbocycles. The molecule has 7 heteroatoms. The molecule has 0 aliphatic rings. The van der Waals surface area contributed by atoms with E-state index < -0.39 is 16.9 Å². The Labute approximate surface area is 122 Å². The van der Waals surface area contributed by atoms with Crippen molar-refractivity contribution < 1.29 is 14.5 Å². The maximum atomic E-state index is 12.3. The van der Waals surface area contributed by atoms with Gasteiger partial charge in [0.1, 0.15) is 11.6 Å². The molecule has 1 atom stereocenters. The number of aryl methyl sites for hydroxylation is 1. The third-order valence-corrected chi connectivity index (χ3v) is 3.16. The number of carbonyl (C=O) groups excluding carboxylic acids is 2. The minimum absolute atomic E-state index is 0.0166. The Hall–Kier alpha value is -2.44. The highest BCUT2D eigenvalue weighted by atomic mass is 16.6. The van der Waals surface area contributed by atoms with Crippen LogP contribution < -0.4 is 10.6 Å². The van der Waals surface area contributed by atoms with Crippen molar-refractivity contribution in [3.63, 3.8) is 0 Å². The minimum atomic E-state index is -0.748. The SMILES string of the molecule is CNC(=O)[C@H](NC(=O)c1c(C)cccc1[N+](=O)[O-])C(C)C. The number of carbonyl (C=O) groups is 2. The fourth-order valence-electron chi connectivity index (χ4n) is 2.00. The molecule has 0 heterocycles. The van der Waals surface area contributed by atoms with Crippen molar-refractivity contribution in [1.29, 1.82) is 0 Å². The van der Waals surface area contributed by atoms with Crippen molar-refractivity contribution in [2.45, 2.75) is 26.8 Å². The van der Waals surface area contributed by atoms with Gasteiger partial charge in [0.05, 0.1) is 4.92 Å². The molecule has 0 saturated carbocycles. The summed E-state index contributed by atoms with van der Waals surface area (Å²) in [6.07, 6.45) is 0. The van der Waals surface area contributed by atoms with E-state index in [1.54, 1.807) is 26.8 Å². The Bertz CT molecular complexity index is 569. The second kappa shape index (κ2) is 6.83. The Morgan fingerprint density at radius 2 is 1.90 bits per heavy atom. The van der Waals surface area contributed by atoms with Gasteiger partial charge in [-0.1, -0.05) is 26.0 Å². The zero-order chi connectivity index (χ0) is 16.2. The van der Waals surface area contributed by atoms with Gasteiger partial charge in [-0.15, -0.1) is 0 Å². The quantitative estimate of drug-likeness (QED) is 0.633. The fraction of sp³-hybridized carbons (Fsp3) is 0.429. The highest BCUT2D eigenvalue weighted by Crippen LogP contribution is 2.22. The van der Waals surface area contributed by atoms with E-state index in [1.165, 1.54) is 19.2 Å². The average molecular weight is 293 g/mol. The van der Waals surface area contributed by atoms with Crippen LogP contribution in [0.15, 0.2) is 18.2 Å². The van der Waals surface area contributed by atoms with Gasteiger partial charge in [0.15, 0.2) is 0 Å². The molecule has 7 nitrogen and oxygen atoms in total. The van der Waals surface area contributed by atoms with Crippen molar-refractivity contribution in [2.24, 2.45) is 5.92 Å². The zero-order valence-electron chi connectivity index (χ0n) is 12.5. The van der Waals surface area contributed by atoms with Crippen molar-refractivity contribution in [2.75, 3.05) is 7.05 Å².